The standard InChI is InChI=1S/C23H17ClN2O3/c1-14-9-10-17(27)12-21(14)25-13-20-18-7-2-3-8-19(18)22(28)26(23(20)29)16-6-4-5-15(24)11-16/h2-13,27,29H,1H3. The SMILES string of the molecule is Cc1ccc(O)cc1N=Cc1c(O)n(-c2cccc(Cl)c2)c(=O)c2ccccc12. The largest absolute Gasteiger partial charge is 0.508 e. The number of aromatic hydroxyl groups is 2. The minimum absolute atomic E-state index is 0.0979. The summed E-state index contributed by atoms with van der Waals surface area (Å²) in [5.41, 5.74) is 1.92. The quantitative estimate of drug-likeness (QED) is 0.466. The second-order valence-corrected chi connectivity index (χ2v) is 7.07. The molecule has 0 bridgehead atoms. The third-order valence-corrected chi connectivity index (χ3v) is 4.93. The summed E-state index contributed by atoms with van der Waals surface area (Å²) in [5.74, 6) is -0.141. The molecule has 0 aliphatic carbocycles. The summed E-state index contributed by atoms with van der Waals surface area (Å²) in [6.45, 7) is 1.87. The fraction of sp³-hybridized carbons (Fsp3) is 0.0435. The number of hydrogen-bond acceptors (Lipinski definition) is 4. The van der Waals surface area contributed by atoms with E-state index in [9.17, 15) is 15.0 Å². The molecular formula is C23H17ClN2O3. The zero-order chi connectivity index (χ0) is 20.5. The Morgan fingerprint density at radius 2 is 1.72 bits per heavy atom. The third-order valence-electron chi connectivity index (χ3n) is 4.70. The highest BCUT2D eigenvalue weighted by molar-refractivity contribution is 6.30. The van der Waals surface area contributed by atoms with Crippen molar-refractivity contribution in [1.82, 2.24) is 4.57 Å². The molecule has 0 aliphatic rings. The Kier molecular flexibility index (Phi) is 4.82. The molecule has 0 atom stereocenters. The van der Waals surface area contributed by atoms with Gasteiger partial charge in [0.2, 0.25) is 5.88 Å². The second-order valence-electron chi connectivity index (χ2n) is 6.63. The fourth-order valence-corrected chi connectivity index (χ4v) is 3.40. The molecule has 29 heavy (non-hydrogen) atoms. The summed E-state index contributed by atoms with van der Waals surface area (Å²) < 4.78 is 1.21. The van der Waals surface area contributed by atoms with Gasteiger partial charge in [0.05, 0.1) is 16.9 Å². The van der Waals surface area contributed by atoms with Gasteiger partial charge in [0.25, 0.3) is 5.56 Å². The molecule has 1 aromatic heterocycles. The smallest absolute Gasteiger partial charge is 0.265 e. The molecule has 0 saturated carbocycles. The van der Waals surface area contributed by atoms with Crippen molar-refractivity contribution in [2.75, 3.05) is 0 Å². The van der Waals surface area contributed by atoms with Gasteiger partial charge in [0.15, 0.2) is 0 Å². The number of benzene rings is 3. The van der Waals surface area contributed by atoms with Gasteiger partial charge in [0.1, 0.15) is 5.75 Å². The average molecular weight is 405 g/mol. The van der Waals surface area contributed by atoms with Crippen LogP contribution < -0.4 is 5.56 Å². The zero-order valence-corrected chi connectivity index (χ0v) is 16.3. The molecule has 1 heterocycles. The summed E-state index contributed by atoms with van der Waals surface area (Å²) in [6, 6.07) is 18.6. The molecule has 4 aromatic rings. The Morgan fingerprint density at radius 3 is 2.48 bits per heavy atom. The first-order valence-electron chi connectivity index (χ1n) is 8.92. The van der Waals surface area contributed by atoms with E-state index < -0.39 is 0 Å². The molecule has 0 unspecified atom stereocenters. The van der Waals surface area contributed by atoms with E-state index in [-0.39, 0.29) is 17.2 Å². The lowest BCUT2D eigenvalue weighted by molar-refractivity contribution is 0.436. The first kappa shape index (κ1) is 18.8. The van der Waals surface area contributed by atoms with Gasteiger partial charge in [0, 0.05) is 28.1 Å². The van der Waals surface area contributed by atoms with E-state index in [0.29, 0.717) is 32.7 Å². The first-order valence-corrected chi connectivity index (χ1v) is 9.30. The molecule has 5 nitrogen and oxygen atoms in total. The van der Waals surface area contributed by atoms with E-state index in [2.05, 4.69) is 4.99 Å². The Hall–Kier alpha value is -3.57. The maximum absolute atomic E-state index is 13.1. The minimum Gasteiger partial charge on any atom is -0.508 e. The molecule has 0 aliphatic heterocycles. The van der Waals surface area contributed by atoms with Crippen molar-refractivity contribution >= 4 is 34.3 Å². The summed E-state index contributed by atoms with van der Waals surface area (Å²) in [6.07, 6.45) is 1.50. The Morgan fingerprint density at radius 1 is 0.966 bits per heavy atom. The summed E-state index contributed by atoms with van der Waals surface area (Å²) in [5, 5.41) is 22.2. The molecule has 6 heteroatoms. The number of nitrogens with zero attached hydrogens (tertiary/aromatic N) is 2. The summed E-state index contributed by atoms with van der Waals surface area (Å²) in [7, 11) is 0. The van der Waals surface area contributed by atoms with Crippen LogP contribution in [0.4, 0.5) is 5.69 Å². The predicted molar refractivity (Wildman–Crippen MR) is 116 cm³/mol. The van der Waals surface area contributed by atoms with Crippen molar-refractivity contribution in [3.05, 3.63) is 93.2 Å². The number of hydrogen-bond donors (Lipinski definition) is 2. The van der Waals surface area contributed by atoms with Crippen LogP contribution in [0.5, 0.6) is 11.6 Å². The molecule has 144 valence electrons. The lowest BCUT2D eigenvalue weighted by Crippen LogP contribution is -2.20. The van der Waals surface area contributed by atoms with Crippen molar-refractivity contribution in [1.29, 1.82) is 0 Å². The predicted octanol–water partition coefficient (Wildman–Crippen LogP) is 5.11. The molecule has 4 rings (SSSR count). The van der Waals surface area contributed by atoms with Crippen LogP contribution in [0.1, 0.15) is 11.1 Å². The summed E-state index contributed by atoms with van der Waals surface area (Å²) in [4.78, 5) is 17.5. The van der Waals surface area contributed by atoms with Gasteiger partial charge in [-0.3, -0.25) is 9.79 Å². The number of pyridine rings is 1. The van der Waals surface area contributed by atoms with Crippen molar-refractivity contribution in [3.63, 3.8) is 0 Å². The van der Waals surface area contributed by atoms with Gasteiger partial charge in [-0.15, -0.1) is 0 Å². The van der Waals surface area contributed by atoms with Gasteiger partial charge in [-0.25, -0.2) is 4.57 Å². The van der Waals surface area contributed by atoms with Gasteiger partial charge in [-0.1, -0.05) is 41.9 Å². The molecule has 3 aromatic carbocycles. The number of rotatable bonds is 3. The topological polar surface area (TPSA) is 74.8 Å². The van der Waals surface area contributed by atoms with Gasteiger partial charge in [-0.2, -0.15) is 0 Å². The maximum atomic E-state index is 13.1. The van der Waals surface area contributed by atoms with Gasteiger partial charge < -0.3 is 10.2 Å². The van der Waals surface area contributed by atoms with Crippen molar-refractivity contribution in [2.45, 2.75) is 6.92 Å². The van der Waals surface area contributed by atoms with Crippen LogP contribution in [0.2, 0.25) is 5.02 Å². The van der Waals surface area contributed by atoms with E-state index in [1.807, 2.05) is 6.92 Å². The van der Waals surface area contributed by atoms with Crippen LogP contribution in [0.25, 0.3) is 16.5 Å². The first-order chi connectivity index (χ1) is 14.0. The maximum Gasteiger partial charge on any atom is 0.265 e. The number of phenolic OH excluding ortho intramolecular Hbond substituents is 1. The van der Waals surface area contributed by atoms with E-state index in [4.69, 9.17) is 11.6 Å². The van der Waals surface area contributed by atoms with Crippen LogP contribution in [-0.2, 0) is 0 Å². The molecule has 0 saturated heterocycles. The summed E-state index contributed by atoms with van der Waals surface area (Å²) >= 11 is 6.08. The lowest BCUT2D eigenvalue weighted by Gasteiger charge is -2.14. The third kappa shape index (κ3) is 3.48. The van der Waals surface area contributed by atoms with Gasteiger partial charge in [-0.05, 0) is 42.8 Å². The highest BCUT2D eigenvalue weighted by Gasteiger charge is 2.16. The van der Waals surface area contributed by atoms with Crippen molar-refractivity contribution < 1.29 is 10.2 Å². The number of halogens is 1. The number of aromatic nitrogens is 1. The highest BCUT2D eigenvalue weighted by atomic mass is 35.5. The normalized spacial score (nSPS) is 11.4. The Bertz CT molecular complexity index is 1330. The molecule has 0 spiro atoms. The second kappa shape index (κ2) is 7.45. The molecule has 0 fully saturated rings. The minimum atomic E-state index is -0.356. The zero-order valence-electron chi connectivity index (χ0n) is 15.5. The highest BCUT2D eigenvalue weighted by Crippen LogP contribution is 2.29. The van der Waals surface area contributed by atoms with E-state index in [1.165, 1.54) is 16.8 Å². The van der Waals surface area contributed by atoms with Crippen molar-refractivity contribution in [2.24, 2.45) is 4.99 Å². The van der Waals surface area contributed by atoms with Crippen LogP contribution in [0.15, 0.2) is 76.5 Å². The Labute approximate surface area is 171 Å². The van der Waals surface area contributed by atoms with Gasteiger partial charge >= 0.3 is 0 Å². The van der Waals surface area contributed by atoms with Crippen molar-refractivity contribution in [3.8, 4) is 17.3 Å². The number of aliphatic imine (C=N–C) groups is 1. The van der Waals surface area contributed by atoms with E-state index in [0.717, 1.165) is 5.56 Å². The van der Waals surface area contributed by atoms with Crippen LogP contribution in [0.3, 0.4) is 0 Å². The van der Waals surface area contributed by atoms with Crippen LogP contribution in [-0.4, -0.2) is 21.0 Å². The molecule has 2 N–H and O–H groups in total. The number of fused-ring (bicyclic) bond motifs is 1. The Balaban J connectivity index is 2.00. The fourth-order valence-electron chi connectivity index (χ4n) is 3.22. The molecule has 0 amide bonds. The monoisotopic (exact) mass is 404 g/mol. The lowest BCUT2D eigenvalue weighted by atomic mass is 10.1. The van der Waals surface area contributed by atoms with Crippen LogP contribution >= 0.6 is 11.6 Å². The number of phenols is 1. The molecule has 0 radical (unpaired) electrons. The average Bonchev–Trinajstić information content (AvgIpc) is 2.70. The molecular weight excluding hydrogens is 388 g/mol. The van der Waals surface area contributed by atoms with E-state index in [1.54, 1.807) is 60.7 Å². The number of aryl methyl sites for hydroxylation is 1. The van der Waals surface area contributed by atoms with E-state index >= 15 is 0 Å². The van der Waals surface area contributed by atoms with Crippen LogP contribution in [0, 0.1) is 6.92 Å².